The average Bonchev–Trinajstić information content (AvgIpc) is 3.02. The van der Waals surface area contributed by atoms with Crippen LogP contribution in [-0.4, -0.2) is 32.6 Å². The van der Waals surface area contributed by atoms with Gasteiger partial charge in [-0.15, -0.1) is 0 Å². The van der Waals surface area contributed by atoms with Gasteiger partial charge in [0.2, 0.25) is 0 Å². The van der Waals surface area contributed by atoms with E-state index in [4.69, 9.17) is 9.72 Å². The molecule has 9 nitrogen and oxygen atoms in total. The van der Waals surface area contributed by atoms with Gasteiger partial charge in [0.25, 0.3) is 5.91 Å². The Labute approximate surface area is 280 Å². The van der Waals surface area contributed by atoms with E-state index in [0.717, 1.165) is 26.4 Å². The van der Waals surface area contributed by atoms with Crippen molar-refractivity contribution in [3.8, 4) is 0 Å². The molecule has 3 N–H and O–H groups in total. The minimum atomic E-state index is -0.592. The number of nitrogens with one attached hydrogen (secondary N) is 3. The van der Waals surface area contributed by atoms with Crippen LogP contribution in [0.3, 0.4) is 0 Å². The molecule has 0 bridgehead atoms. The molecule has 0 fully saturated rings. The summed E-state index contributed by atoms with van der Waals surface area (Å²) >= 11 is 1.52. The van der Waals surface area contributed by atoms with Crippen molar-refractivity contribution in [3.63, 3.8) is 0 Å². The molecule has 5 rings (SSSR count). The molecule has 0 saturated heterocycles. The van der Waals surface area contributed by atoms with Crippen LogP contribution in [0.15, 0.2) is 101 Å². The number of anilines is 3. The third-order valence-electron chi connectivity index (χ3n) is 7.25. The number of aromatic nitrogens is 3. The lowest BCUT2D eigenvalue weighted by Gasteiger charge is -2.27. The first-order valence-corrected chi connectivity index (χ1v) is 16.3. The first-order chi connectivity index (χ1) is 22.3. The second-order valence-corrected chi connectivity index (χ2v) is 14.1. The summed E-state index contributed by atoms with van der Waals surface area (Å²) in [4.78, 5) is 41.3. The predicted molar refractivity (Wildman–Crippen MR) is 189 cm³/mol. The molecule has 0 spiro atoms. The normalized spacial score (nSPS) is 11.7. The van der Waals surface area contributed by atoms with Gasteiger partial charge in [-0.05, 0) is 101 Å². The summed E-state index contributed by atoms with van der Waals surface area (Å²) in [6.07, 6.45) is 0.977. The molecule has 2 aromatic heterocycles. The van der Waals surface area contributed by atoms with Crippen molar-refractivity contribution in [3.05, 3.63) is 108 Å². The number of ether oxygens (including phenoxy) is 1. The Bertz CT molecular complexity index is 1890. The van der Waals surface area contributed by atoms with E-state index in [2.05, 4.69) is 39.8 Å². The Morgan fingerprint density at radius 3 is 2.26 bits per heavy atom. The standard InChI is InChI=1S/C37H40N6O3S/c1-23(2)29-19-18-28-32(41-29)38-22-39-33(28)42-30-21-24(34(44)43-37(6,7)25-11-9-8-10-12-25)13-20-31(30)47-27-16-14-26(15-17-27)40-35(45)46-36(3,4)5/h8-23H,1-7H3,(H,40,45)(H,43,44)(H,38,39,41,42). The fourth-order valence-electron chi connectivity index (χ4n) is 4.80. The topological polar surface area (TPSA) is 118 Å². The minimum absolute atomic E-state index is 0.202. The zero-order valence-corrected chi connectivity index (χ0v) is 28.5. The molecule has 0 aliphatic carbocycles. The van der Waals surface area contributed by atoms with Crippen molar-refractivity contribution >= 4 is 52.0 Å². The number of benzene rings is 3. The van der Waals surface area contributed by atoms with Crippen molar-refractivity contribution in [2.75, 3.05) is 10.6 Å². The first kappa shape index (κ1) is 33.4. The molecule has 2 heterocycles. The highest BCUT2D eigenvalue weighted by molar-refractivity contribution is 7.99. The van der Waals surface area contributed by atoms with E-state index in [1.807, 2.05) is 120 Å². The van der Waals surface area contributed by atoms with Gasteiger partial charge >= 0.3 is 6.09 Å². The molecular formula is C37H40N6O3S. The lowest BCUT2D eigenvalue weighted by molar-refractivity contribution is 0.0635. The van der Waals surface area contributed by atoms with Gasteiger partial charge in [0.15, 0.2) is 5.65 Å². The molecule has 47 heavy (non-hydrogen) atoms. The average molecular weight is 649 g/mol. The summed E-state index contributed by atoms with van der Waals surface area (Å²) in [5.74, 6) is 0.639. The van der Waals surface area contributed by atoms with Crippen LogP contribution in [0.1, 0.15) is 76.0 Å². The number of nitrogens with zero attached hydrogens (tertiary/aromatic N) is 3. The molecule has 0 radical (unpaired) electrons. The van der Waals surface area contributed by atoms with E-state index < -0.39 is 17.2 Å². The van der Waals surface area contributed by atoms with Crippen LogP contribution in [0.5, 0.6) is 0 Å². The summed E-state index contributed by atoms with van der Waals surface area (Å²) < 4.78 is 5.36. The molecule has 0 aliphatic rings. The monoisotopic (exact) mass is 648 g/mol. The fourth-order valence-corrected chi connectivity index (χ4v) is 5.68. The molecular weight excluding hydrogens is 609 g/mol. The number of fused-ring (bicyclic) bond motifs is 1. The number of pyridine rings is 1. The number of carbonyl (C=O) groups is 2. The van der Waals surface area contributed by atoms with E-state index in [1.165, 1.54) is 18.1 Å². The van der Waals surface area contributed by atoms with Crippen LogP contribution >= 0.6 is 11.8 Å². The van der Waals surface area contributed by atoms with Crippen molar-refractivity contribution in [1.29, 1.82) is 0 Å². The molecule has 3 aromatic carbocycles. The third-order valence-corrected chi connectivity index (χ3v) is 8.34. The van der Waals surface area contributed by atoms with Gasteiger partial charge in [0.05, 0.1) is 16.6 Å². The molecule has 5 aromatic rings. The Kier molecular flexibility index (Phi) is 9.81. The van der Waals surface area contributed by atoms with Gasteiger partial charge < -0.3 is 15.4 Å². The molecule has 242 valence electrons. The quantitative estimate of drug-likeness (QED) is 0.145. The number of hydrogen-bond donors (Lipinski definition) is 3. The lowest BCUT2D eigenvalue weighted by atomic mass is 9.94. The summed E-state index contributed by atoms with van der Waals surface area (Å²) in [6, 6.07) is 26.9. The first-order valence-electron chi connectivity index (χ1n) is 15.5. The van der Waals surface area contributed by atoms with E-state index in [1.54, 1.807) is 0 Å². The second kappa shape index (κ2) is 13.8. The SMILES string of the molecule is CC(C)c1ccc2c(Nc3cc(C(=O)NC(C)(C)c4ccccc4)ccc3Sc3ccc(NC(=O)OC(C)(C)C)cc3)ncnc2n1. The second-order valence-electron chi connectivity index (χ2n) is 13.0. The van der Waals surface area contributed by atoms with Crippen molar-refractivity contribution in [1.82, 2.24) is 20.3 Å². The summed E-state index contributed by atoms with van der Waals surface area (Å²) in [6.45, 7) is 13.6. The highest BCUT2D eigenvalue weighted by atomic mass is 32.2. The Morgan fingerprint density at radius 1 is 0.851 bits per heavy atom. The van der Waals surface area contributed by atoms with Gasteiger partial charge in [-0.3, -0.25) is 10.1 Å². The highest BCUT2D eigenvalue weighted by Gasteiger charge is 2.24. The third kappa shape index (κ3) is 8.65. The van der Waals surface area contributed by atoms with Crippen molar-refractivity contribution < 1.29 is 14.3 Å². The van der Waals surface area contributed by atoms with Crippen LogP contribution in [0.4, 0.5) is 22.0 Å². The van der Waals surface area contributed by atoms with Crippen LogP contribution in [0, 0.1) is 0 Å². The fraction of sp³-hybridized carbons (Fsp3) is 0.270. The van der Waals surface area contributed by atoms with Crippen molar-refractivity contribution in [2.45, 2.75) is 75.3 Å². The summed E-state index contributed by atoms with van der Waals surface area (Å²) in [5, 5.41) is 10.2. The van der Waals surface area contributed by atoms with Crippen molar-refractivity contribution in [2.24, 2.45) is 0 Å². The maximum absolute atomic E-state index is 13.6. The summed E-state index contributed by atoms with van der Waals surface area (Å²) in [7, 11) is 0. The zero-order chi connectivity index (χ0) is 33.8. The van der Waals surface area contributed by atoms with E-state index in [9.17, 15) is 9.59 Å². The number of hydrogen-bond acceptors (Lipinski definition) is 8. The van der Waals surface area contributed by atoms with Gasteiger partial charge in [-0.25, -0.2) is 19.7 Å². The molecule has 0 unspecified atom stereocenters. The van der Waals surface area contributed by atoms with Gasteiger partial charge in [0.1, 0.15) is 17.7 Å². The molecule has 0 saturated carbocycles. The maximum atomic E-state index is 13.6. The highest BCUT2D eigenvalue weighted by Crippen LogP contribution is 2.37. The van der Waals surface area contributed by atoms with Crippen LogP contribution in [0.25, 0.3) is 11.0 Å². The largest absolute Gasteiger partial charge is 0.444 e. The minimum Gasteiger partial charge on any atom is -0.444 e. The number of amides is 2. The van der Waals surface area contributed by atoms with E-state index in [0.29, 0.717) is 28.4 Å². The Balaban J connectivity index is 1.45. The lowest BCUT2D eigenvalue weighted by Crippen LogP contribution is -2.40. The van der Waals surface area contributed by atoms with Crippen LogP contribution in [-0.2, 0) is 10.3 Å². The van der Waals surface area contributed by atoms with Crippen LogP contribution < -0.4 is 16.0 Å². The zero-order valence-electron chi connectivity index (χ0n) is 27.7. The Morgan fingerprint density at radius 2 is 1.57 bits per heavy atom. The Hall–Kier alpha value is -4.96. The van der Waals surface area contributed by atoms with E-state index >= 15 is 0 Å². The molecule has 10 heteroatoms. The van der Waals surface area contributed by atoms with Gasteiger partial charge in [-0.1, -0.05) is 55.9 Å². The van der Waals surface area contributed by atoms with Crippen LogP contribution in [0.2, 0.25) is 0 Å². The predicted octanol–water partition coefficient (Wildman–Crippen LogP) is 9.06. The maximum Gasteiger partial charge on any atom is 0.412 e. The molecule has 0 atom stereocenters. The van der Waals surface area contributed by atoms with E-state index in [-0.39, 0.29) is 11.8 Å². The smallest absolute Gasteiger partial charge is 0.412 e. The number of rotatable bonds is 9. The van der Waals surface area contributed by atoms with Gasteiger partial charge in [0, 0.05) is 26.7 Å². The molecule has 0 aliphatic heterocycles. The number of carbonyl (C=O) groups excluding carboxylic acids is 2. The summed E-state index contributed by atoms with van der Waals surface area (Å²) in [5.41, 5.74) is 3.18. The van der Waals surface area contributed by atoms with Gasteiger partial charge in [-0.2, -0.15) is 0 Å². The molecule has 2 amide bonds.